The summed E-state index contributed by atoms with van der Waals surface area (Å²) in [5.41, 5.74) is 3.45. The van der Waals surface area contributed by atoms with Gasteiger partial charge in [0.2, 0.25) is 11.7 Å². The Morgan fingerprint density at radius 2 is 1.87 bits per heavy atom. The molecule has 0 saturated heterocycles. The van der Waals surface area contributed by atoms with Crippen molar-refractivity contribution in [2.75, 3.05) is 20.3 Å². The van der Waals surface area contributed by atoms with Gasteiger partial charge in [-0.3, -0.25) is 14.4 Å². The van der Waals surface area contributed by atoms with Gasteiger partial charge in [-0.2, -0.15) is 0 Å². The van der Waals surface area contributed by atoms with E-state index >= 15 is 0 Å². The zero-order chi connectivity index (χ0) is 22.4. The molecule has 0 radical (unpaired) electrons. The summed E-state index contributed by atoms with van der Waals surface area (Å²) >= 11 is 0. The van der Waals surface area contributed by atoms with E-state index in [2.05, 4.69) is 9.88 Å². The van der Waals surface area contributed by atoms with Crippen molar-refractivity contribution in [2.24, 2.45) is 0 Å². The molecule has 1 aromatic carbocycles. The number of nitrogens with one attached hydrogen (secondary N) is 1. The number of ether oxygens (including phenoxy) is 2. The second-order valence-corrected chi connectivity index (χ2v) is 7.62. The lowest BCUT2D eigenvalue weighted by Crippen LogP contribution is -2.25. The first-order valence-corrected chi connectivity index (χ1v) is 10.4. The molecule has 31 heavy (non-hydrogen) atoms. The van der Waals surface area contributed by atoms with Crippen LogP contribution in [0.5, 0.6) is 5.75 Å². The minimum atomic E-state index is -0.524. The quantitative estimate of drug-likeness (QED) is 0.359. The Balaban J connectivity index is 1.38. The first-order chi connectivity index (χ1) is 14.9. The zero-order valence-electron chi connectivity index (χ0n) is 18.1. The van der Waals surface area contributed by atoms with Crippen molar-refractivity contribution < 1.29 is 23.9 Å². The monoisotopic (exact) mass is 424 g/mol. The third-order valence-electron chi connectivity index (χ3n) is 5.23. The number of ketones is 1. The van der Waals surface area contributed by atoms with Crippen molar-refractivity contribution in [3.05, 3.63) is 58.9 Å². The van der Waals surface area contributed by atoms with Gasteiger partial charge in [0.1, 0.15) is 5.75 Å². The molecule has 7 nitrogen and oxygen atoms in total. The maximum Gasteiger partial charge on any atom is 0.308 e. The summed E-state index contributed by atoms with van der Waals surface area (Å²) in [5, 5.41) is 2.63. The minimum absolute atomic E-state index is 0.00348. The van der Waals surface area contributed by atoms with Crippen molar-refractivity contribution in [3.63, 3.8) is 0 Å². The highest BCUT2D eigenvalue weighted by Gasteiger charge is 2.28. The highest BCUT2D eigenvalue weighted by molar-refractivity contribution is 5.99. The number of nitrogens with zero attached hydrogens (tertiary/aromatic N) is 1. The van der Waals surface area contributed by atoms with Crippen LogP contribution >= 0.6 is 0 Å². The Kier molecular flexibility index (Phi) is 7.28. The standard InChI is InChI=1S/C24H28N2O5/c1-16-14-21(17(2)26(16)19-7-8-19)22(27)15-31-24(29)12-13-25-23(28)11-6-18-4-9-20(30-3)10-5-18/h4-6,9-11,14,19H,7-8,12-13,15H2,1-3H3,(H,25,28)/b11-6+. The molecule has 1 amide bonds. The van der Waals surface area contributed by atoms with Crippen LogP contribution in [0.3, 0.4) is 0 Å². The molecule has 3 rings (SSSR count). The van der Waals surface area contributed by atoms with E-state index in [-0.39, 0.29) is 31.3 Å². The number of carbonyl (C=O) groups excluding carboxylic acids is 3. The lowest BCUT2D eigenvalue weighted by Gasteiger charge is -2.08. The summed E-state index contributed by atoms with van der Waals surface area (Å²) in [6.45, 7) is 3.75. The molecule has 1 fully saturated rings. The van der Waals surface area contributed by atoms with Crippen molar-refractivity contribution in [1.82, 2.24) is 9.88 Å². The lowest BCUT2D eigenvalue weighted by molar-refractivity contribution is -0.142. The van der Waals surface area contributed by atoms with Crippen LogP contribution in [0.1, 0.15) is 52.6 Å². The molecule has 164 valence electrons. The van der Waals surface area contributed by atoms with Crippen LogP contribution in [0.4, 0.5) is 0 Å². The Morgan fingerprint density at radius 1 is 1.16 bits per heavy atom. The van der Waals surface area contributed by atoms with E-state index in [4.69, 9.17) is 9.47 Å². The van der Waals surface area contributed by atoms with Gasteiger partial charge in [-0.1, -0.05) is 12.1 Å². The maximum atomic E-state index is 12.4. The molecule has 1 N–H and O–H groups in total. The van der Waals surface area contributed by atoms with E-state index in [0.717, 1.165) is 35.5 Å². The number of aryl methyl sites for hydroxylation is 1. The van der Waals surface area contributed by atoms with E-state index in [1.165, 1.54) is 6.08 Å². The van der Waals surface area contributed by atoms with Gasteiger partial charge in [-0.25, -0.2) is 0 Å². The smallest absolute Gasteiger partial charge is 0.308 e. The van der Waals surface area contributed by atoms with Crippen molar-refractivity contribution in [3.8, 4) is 5.75 Å². The van der Waals surface area contributed by atoms with Crippen molar-refractivity contribution >= 4 is 23.7 Å². The van der Waals surface area contributed by atoms with Gasteiger partial charge in [0.25, 0.3) is 0 Å². The van der Waals surface area contributed by atoms with Gasteiger partial charge in [0.15, 0.2) is 6.61 Å². The normalized spacial score (nSPS) is 13.3. The topological polar surface area (TPSA) is 86.6 Å². The molecule has 1 heterocycles. The average Bonchev–Trinajstić information content (AvgIpc) is 3.55. The maximum absolute atomic E-state index is 12.4. The number of hydrogen-bond acceptors (Lipinski definition) is 5. The number of benzene rings is 1. The lowest BCUT2D eigenvalue weighted by atomic mass is 10.1. The summed E-state index contributed by atoms with van der Waals surface area (Å²) in [5.74, 6) is -0.305. The van der Waals surface area contributed by atoms with Crippen molar-refractivity contribution in [1.29, 1.82) is 0 Å². The van der Waals surface area contributed by atoms with Crippen LogP contribution in [0.15, 0.2) is 36.4 Å². The first kappa shape index (κ1) is 22.3. The Morgan fingerprint density at radius 3 is 2.52 bits per heavy atom. The molecular weight excluding hydrogens is 396 g/mol. The van der Waals surface area contributed by atoms with Gasteiger partial charge in [0, 0.05) is 35.6 Å². The summed E-state index contributed by atoms with van der Waals surface area (Å²) in [4.78, 5) is 36.2. The highest BCUT2D eigenvalue weighted by atomic mass is 16.5. The Bertz CT molecular complexity index is 984. The third kappa shape index (κ3) is 6.07. The molecule has 1 aliphatic rings. The van der Waals surface area contributed by atoms with Crippen LogP contribution in [-0.2, 0) is 14.3 Å². The van der Waals surface area contributed by atoms with Gasteiger partial charge in [0.05, 0.1) is 13.5 Å². The molecule has 1 saturated carbocycles. The molecule has 1 aromatic heterocycles. The number of rotatable bonds is 10. The highest BCUT2D eigenvalue weighted by Crippen LogP contribution is 2.38. The third-order valence-corrected chi connectivity index (χ3v) is 5.23. The predicted molar refractivity (Wildman–Crippen MR) is 117 cm³/mol. The predicted octanol–water partition coefficient (Wildman–Crippen LogP) is 3.39. The molecular formula is C24H28N2O5. The van der Waals surface area contributed by atoms with Crippen LogP contribution in [0.2, 0.25) is 0 Å². The summed E-state index contributed by atoms with van der Waals surface area (Å²) in [6, 6.07) is 9.63. The number of Topliss-reactive ketones (excluding diaryl/α,β-unsaturated/α-hetero) is 1. The van der Waals surface area contributed by atoms with Gasteiger partial charge >= 0.3 is 5.97 Å². The van der Waals surface area contributed by atoms with E-state index in [9.17, 15) is 14.4 Å². The van der Waals surface area contributed by atoms with E-state index in [1.54, 1.807) is 25.3 Å². The SMILES string of the molecule is COc1ccc(/C=C/C(=O)NCCC(=O)OCC(=O)c2cc(C)n(C3CC3)c2C)cc1. The fourth-order valence-electron chi connectivity index (χ4n) is 3.48. The fourth-order valence-corrected chi connectivity index (χ4v) is 3.48. The minimum Gasteiger partial charge on any atom is -0.497 e. The second kappa shape index (κ2) is 10.1. The molecule has 0 spiro atoms. The number of aromatic nitrogens is 1. The van der Waals surface area contributed by atoms with Gasteiger partial charge < -0.3 is 19.4 Å². The zero-order valence-corrected chi connectivity index (χ0v) is 18.1. The van der Waals surface area contributed by atoms with E-state index in [0.29, 0.717) is 11.6 Å². The molecule has 7 heteroatoms. The van der Waals surface area contributed by atoms with Crippen molar-refractivity contribution in [2.45, 2.75) is 39.2 Å². The largest absolute Gasteiger partial charge is 0.497 e. The number of methoxy groups -OCH3 is 1. The molecule has 2 aromatic rings. The number of carbonyl (C=O) groups is 3. The van der Waals surface area contributed by atoms with Crippen LogP contribution in [-0.4, -0.2) is 42.5 Å². The molecule has 0 atom stereocenters. The molecule has 0 bridgehead atoms. The average molecular weight is 424 g/mol. The summed E-state index contributed by atoms with van der Waals surface area (Å²) in [6.07, 6.45) is 5.34. The number of amides is 1. The van der Waals surface area contributed by atoms with Gasteiger partial charge in [-0.15, -0.1) is 0 Å². The van der Waals surface area contributed by atoms with E-state index in [1.807, 2.05) is 32.0 Å². The fraction of sp³-hybridized carbons (Fsp3) is 0.375. The molecule has 0 aliphatic heterocycles. The number of esters is 1. The van der Waals surface area contributed by atoms with Crippen LogP contribution in [0.25, 0.3) is 6.08 Å². The second-order valence-electron chi connectivity index (χ2n) is 7.62. The Labute approximate surface area is 182 Å². The summed E-state index contributed by atoms with van der Waals surface area (Å²) < 4.78 is 12.4. The van der Waals surface area contributed by atoms with Crippen LogP contribution < -0.4 is 10.1 Å². The van der Waals surface area contributed by atoms with E-state index < -0.39 is 5.97 Å². The summed E-state index contributed by atoms with van der Waals surface area (Å²) in [7, 11) is 1.59. The first-order valence-electron chi connectivity index (χ1n) is 10.4. The Hall–Kier alpha value is -3.35. The van der Waals surface area contributed by atoms with Crippen LogP contribution in [0, 0.1) is 13.8 Å². The molecule has 0 unspecified atom stereocenters. The van der Waals surface area contributed by atoms with Gasteiger partial charge in [-0.05, 0) is 56.5 Å². The number of hydrogen-bond donors (Lipinski definition) is 1. The molecule has 1 aliphatic carbocycles.